The molecule has 0 aromatic heterocycles. The molecule has 1 spiro atoms. The molecule has 2 heterocycles. The number of para-hydroxylation sites is 2. The van der Waals surface area contributed by atoms with Gasteiger partial charge in [-0.25, -0.2) is 4.79 Å². The molecule has 0 aliphatic carbocycles. The number of fused-ring (bicyclic) bond motifs is 6. The third kappa shape index (κ3) is 3.42. The number of alkyl halides is 1. The molecule has 5 nitrogen and oxygen atoms in total. The first-order valence-corrected chi connectivity index (χ1v) is 12.6. The van der Waals surface area contributed by atoms with Crippen molar-refractivity contribution in [1.29, 1.82) is 0 Å². The lowest BCUT2D eigenvalue weighted by Crippen LogP contribution is -2.42. The molecule has 4 aromatic rings. The number of nitrogens with one attached hydrogen (secondary N) is 1. The second kappa shape index (κ2) is 8.92. The average Bonchev–Trinajstić information content (AvgIpc) is 3.22. The topological polar surface area (TPSA) is 50.8 Å². The highest BCUT2D eigenvalue weighted by Gasteiger charge is 2.53. The molecule has 0 bridgehead atoms. The molecular formula is C30H25ClN2O3. The number of anilines is 2. The highest BCUT2D eigenvalue weighted by molar-refractivity contribution is 6.18. The first-order chi connectivity index (χ1) is 17.7. The quantitative estimate of drug-likeness (QED) is 0.181. The number of rotatable bonds is 6. The van der Waals surface area contributed by atoms with Gasteiger partial charge in [0.05, 0.1) is 11.4 Å². The minimum atomic E-state index is -1.05. The van der Waals surface area contributed by atoms with E-state index in [4.69, 9.17) is 21.1 Å². The van der Waals surface area contributed by atoms with Crippen LogP contribution in [0.5, 0.6) is 11.5 Å². The zero-order valence-electron chi connectivity index (χ0n) is 19.8. The van der Waals surface area contributed by atoms with E-state index in [2.05, 4.69) is 17.1 Å². The van der Waals surface area contributed by atoms with E-state index in [9.17, 15) is 4.79 Å². The summed E-state index contributed by atoms with van der Waals surface area (Å²) in [4.78, 5) is 15.2. The number of nitrogens with zero attached hydrogens (tertiary/aromatic N) is 1. The number of carbonyl (C=O) groups is 1. The van der Waals surface area contributed by atoms with E-state index in [0.29, 0.717) is 22.9 Å². The summed E-state index contributed by atoms with van der Waals surface area (Å²) >= 11 is 6.43. The van der Waals surface area contributed by atoms with Gasteiger partial charge in [-0.1, -0.05) is 54.6 Å². The molecule has 2 unspecified atom stereocenters. The van der Waals surface area contributed by atoms with Crippen LogP contribution < -0.4 is 15.0 Å². The minimum Gasteiger partial charge on any atom is -0.456 e. The smallest absolute Gasteiger partial charge is 0.340 e. The maximum absolute atomic E-state index is 13.0. The highest BCUT2D eigenvalue weighted by Crippen LogP contribution is 2.56. The van der Waals surface area contributed by atoms with E-state index in [1.165, 1.54) is 0 Å². The number of hydrogen-bond acceptors (Lipinski definition) is 5. The Morgan fingerprint density at radius 1 is 0.861 bits per heavy atom. The van der Waals surface area contributed by atoms with Crippen molar-refractivity contribution in [3.8, 4) is 11.5 Å². The van der Waals surface area contributed by atoms with Crippen LogP contribution in [0.4, 0.5) is 11.4 Å². The van der Waals surface area contributed by atoms with E-state index < -0.39 is 5.60 Å². The molecule has 0 saturated carbocycles. The molecule has 0 radical (unpaired) electrons. The number of benzene rings is 4. The molecule has 0 fully saturated rings. The van der Waals surface area contributed by atoms with Crippen molar-refractivity contribution < 1.29 is 14.3 Å². The maximum atomic E-state index is 13.0. The fourth-order valence-corrected chi connectivity index (χ4v) is 5.55. The van der Waals surface area contributed by atoms with Crippen molar-refractivity contribution >= 4 is 28.9 Å². The van der Waals surface area contributed by atoms with Crippen molar-refractivity contribution in [2.75, 3.05) is 22.6 Å². The monoisotopic (exact) mass is 496 g/mol. The number of ether oxygens (including phenoxy) is 2. The Labute approximate surface area is 215 Å². The first kappa shape index (κ1) is 22.5. The summed E-state index contributed by atoms with van der Waals surface area (Å²) in [5.74, 6) is 1.38. The van der Waals surface area contributed by atoms with Crippen LogP contribution in [0.25, 0.3) is 0 Å². The van der Waals surface area contributed by atoms with Crippen LogP contribution in [-0.4, -0.2) is 24.6 Å². The van der Waals surface area contributed by atoms with Crippen LogP contribution in [0.1, 0.15) is 34.0 Å². The molecule has 180 valence electrons. The van der Waals surface area contributed by atoms with Crippen molar-refractivity contribution in [3.63, 3.8) is 0 Å². The average molecular weight is 497 g/mol. The summed E-state index contributed by atoms with van der Waals surface area (Å²) in [6, 6.07) is 31.4. The lowest BCUT2D eigenvalue weighted by atomic mass is 9.77. The second-order valence-corrected chi connectivity index (χ2v) is 9.17. The van der Waals surface area contributed by atoms with E-state index in [1.54, 1.807) is 0 Å². The molecule has 0 saturated heterocycles. The summed E-state index contributed by atoms with van der Waals surface area (Å²) in [5, 5.41) is 3.53. The molecule has 4 aromatic carbocycles. The van der Waals surface area contributed by atoms with Crippen LogP contribution in [0.2, 0.25) is 0 Å². The van der Waals surface area contributed by atoms with Crippen LogP contribution in [0.3, 0.4) is 0 Å². The van der Waals surface area contributed by atoms with Gasteiger partial charge in [0.25, 0.3) is 0 Å². The molecular weight excluding hydrogens is 472 g/mol. The van der Waals surface area contributed by atoms with Gasteiger partial charge in [0.1, 0.15) is 17.7 Å². The van der Waals surface area contributed by atoms with Crippen molar-refractivity contribution in [1.82, 2.24) is 0 Å². The van der Waals surface area contributed by atoms with Crippen molar-refractivity contribution in [3.05, 3.63) is 119 Å². The predicted octanol–water partition coefficient (Wildman–Crippen LogP) is 6.76. The maximum Gasteiger partial charge on any atom is 0.340 e. The van der Waals surface area contributed by atoms with Crippen LogP contribution in [0.15, 0.2) is 97.1 Å². The molecule has 2 aliphatic rings. The van der Waals surface area contributed by atoms with Crippen LogP contribution in [-0.2, 0) is 10.3 Å². The van der Waals surface area contributed by atoms with Gasteiger partial charge in [0.15, 0.2) is 5.60 Å². The summed E-state index contributed by atoms with van der Waals surface area (Å²) in [6.45, 7) is 2.83. The van der Waals surface area contributed by atoms with E-state index >= 15 is 0 Å². The normalized spacial score (nSPS) is 17.9. The number of halogens is 1. The molecule has 6 rings (SSSR count). The van der Waals surface area contributed by atoms with Crippen molar-refractivity contribution in [2.45, 2.75) is 18.7 Å². The molecule has 36 heavy (non-hydrogen) atoms. The zero-order valence-corrected chi connectivity index (χ0v) is 20.5. The minimum absolute atomic E-state index is 0.132. The van der Waals surface area contributed by atoms with Gasteiger partial charge >= 0.3 is 5.97 Å². The van der Waals surface area contributed by atoms with Gasteiger partial charge < -0.3 is 19.7 Å². The van der Waals surface area contributed by atoms with Gasteiger partial charge in [0.2, 0.25) is 0 Å². The molecule has 6 heteroatoms. The molecule has 2 atom stereocenters. The summed E-state index contributed by atoms with van der Waals surface area (Å²) in [6.07, 6.45) is -0.132. The van der Waals surface area contributed by atoms with Gasteiger partial charge in [-0.2, -0.15) is 0 Å². The van der Waals surface area contributed by atoms with Crippen LogP contribution in [0, 0.1) is 0 Å². The van der Waals surface area contributed by atoms with E-state index in [0.717, 1.165) is 34.6 Å². The number of carbonyl (C=O) groups excluding carboxylic acids is 1. The zero-order chi connectivity index (χ0) is 24.7. The summed E-state index contributed by atoms with van der Waals surface area (Å²) in [5.41, 5.74) is 3.93. The van der Waals surface area contributed by atoms with Gasteiger partial charge in [-0.15, -0.1) is 11.6 Å². The second-order valence-electron chi connectivity index (χ2n) is 8.86. The Bertz CT molecular complexity index is 1440. The predicted molar refractivity (Wildman–Crippen MR) is 142 cm³/mol. The van der Waals surface area contributed by atoms with Crippen molar-refractivity contribution in [2.24, 2.45) is 0 Å². The van der Waals surface area contributed by atoms with Gasteiger partial charge in [0, 0.05) is 40.7 Å². The first-order valence-electron chi connectivity index (χ1n) is 12.0. The van der Waals surface area contributed by atoms with Gasteiger partial charge in [-0.3, -0.25) is 0 Å². The molecule has 0 amide bonds. The largest absolute Gasteiger partial charge is 0.456 e. The SMILES string of the molecule is CCN(c1ccc2c(c1)Oc1ccccc1C21OC(=O)c2ccccc21)C(CCl)Nc1ccccc1. The lowest BCUT2D eigenvalue weighted by Gasteiger charge is -2.38. The van der Waals surface area contributed by atoms with Crippen LogP contribution >= 0.6 is 11.6 Å². The standard InChI is InChI=1S/C30H25ClN2O3/c1-2-33(28(19-31)32-20-10-4-3-5-11-20)21-16-17-25-27(18-21)35-26-15-9-8-14-24(26)30(25)23-13-7-6-12-22(23)29(34)36-30/h3-18,28,32H,2,19H2,1H3. The fraction of sp³-hybridized carbons (Fsp3) is 0.167. The highest BCUT2D eigenvalue weighted by atomic mass is 35.5. The van der Waals surface area contributed by atoms with E-state index in [1.807, 2.05) is 97.1 Å². The summed E-state index contributed by atoms with van der Waals surface area (Å²) < 4.78 is 12.6. The van der Waals surface area contributed by atoms with E-state index in [-0.39, 0.29) is 12.1 Å². The third-order valence-electron chi connectivity index (χ3n) is 6.90. The third-order valence-corrected chi connectivity index (χ3v) is 7.20. The Kier molecular flexibility index (Phi) is 5.57. The molecule has 2 aliphatic heterocycles. The number of hydrogen-bond donors (Lipinski definition) is 1. The Hall–Kier alpha value is -3.96. The van der Waals surface area contributed by atoms with Gasteiger partial charge in [-0.05, 0) is 43.3 Å². The summed E-state index contributed by atoms with van der Waals surface area (Å²) in [7, 11) is 0. The Morgan fingerprint density at radius 2 is 1.56 bits per heavy atom. The number of esters is 1. The lowest BCUT2D eigenvalue weighted by molar-refractivity contribution is 0.0224. The Balaban J connectivity index is 1.46. The fourth-order valence-electron chi connectivity index (χ4n) is 5.30. The Morgan fingerprint density at radius 3 is 2.33 bits per heavy atom. The molecule has 1 N–H and O–H groups in total.